The first kappa shape index (κ1) is 10.9. The van der Waals surface area contributed by atoms with Crippen molar-refractivity contribution in [3.63, 3.8) is 0 Å². The summed E-state index contributed by atoms with van der Waals surface area (Å²) in [4.78, 5) is 0. The second-order valence-corrected chi connectivity index (χ2v) is 4.72. The number of sulfone groups is 1. The molecule has 0 rings (SSSR count). The third kappa shape index (κ3) is 9.87. The van der Waals surface area contributed by atoms with Crippen LogP contribution in [0.1, 0.15) is 6.42 Å². The van der Waals surface area contributed by atoms with Crippen molar-refractivity contribution in [1.82, 2.24) is 5.32 Å². The van der Waals surface area contributed by atoms with E-state index in [1.54, 1.807) is 0 Å². The molecule has 11 heavy (non-hydrogen) atoms. The van der Waals surface area contributed by atoms with Crippen LogP contribution in [0.5, 0.6) is 0 Å². The summed E-state index contributed by atoms with van der Waals surface area (Å²) in [6.45, 7) is 1.27. The van der Waals surface area contributed by atoms with Gasteiger partial charge in [0.1, 0.15) is 9.84 Å². The van der Waals surface area contributed by atoms with Gasteiger partial charge in [0.2, 0.25) is 0 Å². The molecule has 0 aliphatic carbocycles. The molecule has 0 amide bonds. The molecule has 0 fully saturated rings. The highest BCUT2D eigenvalue weighted by Crippen LogP contribution is 1.86. The normalized spacial score (nSPS) is 11.8. The second kappa shape index (κ2) is 5.51. The SMILES string of the molecule is CS(=O)(=O)CCCNCCO. The van der Waals surface area contributed by atoms with Crippen molar-refractivity contribution in [3.8, 4) is 0 Å². The van der Waals surface area contributed by atoms with Crippen molar-refractivity contribution in [3.05, 3.63) is 0 Å². The van der Waals surface area contributed by atoms with E-state index in [-0.39, 0.29) is 12.4 Å². The first-order valence-electron chi connectivity index (χ1n) is 3.55. The van der Waals surface area contributed by atoms with Crippen LogP contribution in [0.15, 0.2) is 0 Å². The van der Waals surface area contributed by atoms with Gasteiger partial charge in [-0.2, -0.15) is 0 Å². The molecule has 0 heterocycles. The summed E-state index contributed by atoms with van der Waals surface area (Å²) in [5, 5.41) is 11.2. The molecule has 0 radical (unpaired) electrons. The van der Waals surface area contributed by atoms with Crippen molar-refractivity contribution < 1.29 is 13.5 Å². The quantitative estimate of drug-likeness (QED) is 0.516. The lowest BCUT2D eigenvalue weighted by atomic mass is 10.5. The molecule has 0 saturated heterocycles. The lowest BCUT2D eigenvalue weighted by Crippen LogP contribution is -2.21. The van der Waals surface area contributed by atoms with Crippen molar-refractivity contribution in [2.75, 3.05) is 31.7 Å². The molecule has 0 aliphatic rings. The van der Waals surface area contributed by atoms with Crippen LogP contribution in [0.25, 0.3) is 0 Å². The molecule has 0 unspecified atom stereocenters. The highest BCUT2D eigenvalue weighted by Gasteiger charge is 1.99. The first-order chi connectivity index (χ1) is 5.06. The summed E-state index contributed by atoms with van der Waals surface area (Å²) in [5.74, 6) is 0.214. The van der Waals surface area contributed by atoms with E-state index < -0.39 is 9.84 Å². The molecular weight excluding hydrogens is 166 g/mol. The number of nitrogens with one attached hydrogen (secondary N) is 1. The van der Waals surface area contributed by atoms with Crippen LogP contribution < -0.4 is 5.32 Å². The maximum atomic E-state index is 10.6. The van der Waals surface area contributed by atoms with Crippen molar-refractivity contribution in [2.24, 2.45) is 0 Å². The van der Waals surface area contributed by atoms with Gasteiger partial charge in [-0.1, -0.05) is 0 Å². The summed E-state index contributed by atoms with van der Waals surface area (Å²) in [6.07, 6.45) is 1.83. The predicted octanol–water partition coefficient (Wildman–Crippen LogP) is -0.997. The van der Waals surface area contributed by atoms with Gasteiger partial charge in [-0.05, 0) is 13.0 Å². The summed E-state index contributed by atoms with van der Waals surface area (Å²) < 4.78 is 21.2. The molecule has 5 heteroatoms. The number of hydrogen-bond acceptors (Lipinski definition) is 4. The van der Waals surface area contributed by atoms with Crippen LogP contribution in [0, 0.1) is 0 Å². The number of aliphatic hydroxyl groups excluding tert-OH is 1. The standard InChI is InChI=1S/C6H15NO3S/c1-11(9,10)6-2-3-7-4-5-8/h7-8H,2-6H2,1H3. The van der Waals surface area contributed by atoms with Gasteiger partial charge in [-0.15, -0.1) is 0 Å². The van der Waals surface area contributed by atoms with Crippen LogP contribution in [0.2, 0.25) is 0 Å². The van der Waals surface area contributed by atoms with Crippen molar-refractivity contribution in [2.45, 2.75) is 6.42 Å². The smallest absolute Gasteiger partial charge is 0.147 e. The second-order valence-electron chi connectivity index (χ2n) is 2.46. The molecule has 68 valence electrons. The monoisotopic (exact) mass is 181 g/mol. The third-order valence-corrected chi connectivity index (χ3v) is 2.19. The van der Waals surface area contributed by atoms with E-state index in [1.165, 1.54) is 6.26 Å². The summed E-state index contributed by atoms with van der Waals surface area (Å²) in [7, 11) is -2.81. The zero-order chi connectivity index (χ0) is 8.74. The average molecular weight is 181 g/mol. The van der Waals surface area contributed by atoms with Gasteiger partial charge < -0.3 is 10.4 Å². The summed E-state index contributed by atoms with van der Waals surface area (Å²) in [6, 6.07) is 0. The van der Waals surface area contributed by atoms with Crippen LogP contribution in [-0.2, 0) is 9.84 Å². The minimum Gasteiger partial charge on any atom is -0.395 e. The van der Waals surface area contributed by atoms with Crippen LogP contribution >= 0.6 is 0 Å². The van der Waals surface area contributed by atoms with Gasteiger partial charge in [0, 0.05) is 12.8 Å². The summed E-state index contributed by atoms with van der Waals surface area (Å²) in [5.41, 5.74) is 0. The van der Waals surface area contributed by atoms with Gasteiger partial charge in [-0.3, -0.25) is 0 Å². The maximum absolute atomic E-state index is 10.6. The highest BCUT2D eigenvalue weighted by molar-refractivity contribution is 7.90. The molecule has 0 aromatic rings. The number of aliphatic hydroxyl groups is 1. The van der Waals surface area contributed by atoms with E-state index in [1.807, 2.05) is 0 Å². The lowest BCUT2D eigenvalue weighted by Gasteiger charge is -2.00. The average Bonchev–Trinajstić information content (AvgIpc) is 1.85. The van der Waals surface area contributed by atoms with Gasteiger partial charge >= 0.3 is 0 Å². The Hall–Kier alpha value is -0.130. The minimum absolute atomic E-state index is 0.0961. The van der Waals surface area contributed by atoms with E-state index in [2.05, 4.69) is 5.32 Å². The fraction of sp³-hybridized carbons (Fsp3) is 1.00. The van der Waals surface area contributed by atoms with Crippen LogP contribution in [-0.4, -0.2) is 45.2 Å². The lowest BCUT2D eigenvalue weighted by molar-refractivity contribution is 0.292. The number of hydrogen-bond donors (Lipinski definition) is 2. The van der Waals surface area contributed by atoms with Crippen molar-refractivity contribution in [1.29, 1.82) is 0 Å². The van der Waals surface area contributed by atoms with E-state index >= 15 is 0 Å². The molecule has 4 nitrogen and oxygen atoms in total. The van der Waals surface area contributed by atoms with E-state index in [0.29, 0.717) is 19.5 Å². The topological polar surface area (TPSA) is 66.4 Å². The molecule has 0 atom stereocenters. The molecule has 0 spiro atoms. The van der Waals surface area contributed by atoms with Gasteiger partial charge in [-0.25, -0.2) is 8.42 Å². The fourth-order valence-electron chi connectivity index (χ4n) is 0.663. The molecule has 0 aromatic carbocycles. The van der Waals surface area contributed by atoms with Crippen LogP contribution in [0.3, 0.4) is 0 Å². The van der Waals surface area contributed by atoms with E-state index in [0.717, 1.165) is 0 Å². The Kier molecular flexibility index (Phi) is 5.45. The van der Waals surface area contributed by atoms with Crippen molar-refractivity contribution >= 4 is 9.84 Å². The largest absolute Gasteiger partial charge is 0.395 e. The Labute approximate surface area is 67.5 Å². The van der Waals surface area contributed by atoms with Crippen LogP contribution in [0.4, 0.5) is 0 Å². The number of rotatable bonds is 6. The van der Waals surface area contributed by atoms with Gasteiger partial charge in [0.05, 0.1) is 12.4 Å². The third-order valence-electron chi connectivity index (χ3n) is 1.16. The van der Waals surface area contributed by atoms with Gasteiger partial charge in [0.15, 0.2) is 0 Å². The summed E-state index contributed by atoms with van der Waals surface area (Å²) >= 11 is 0. The zero-order valence-corrected chi connectivity index (χ0v) is 7.52. The van der Waals surface area contributed by atoms with Gasteiger partial charge in [0.25, 0.3) is 0 Å². The Balaban J connectivity index is 3.16. The molecule has 0 aromatic heterocycles. The Bertz CT molecular complexity index is 176. The molecule has 0 aliphatic heterocycles. The Morgan fingerprint density at radius 2 is 2.00 bits per heavy atom. The molecule has 0 saturated carbocycles. The fourth-order valence-corrected chi connectivity index (χ4v) is 1.33. The maximum Gasteiger partial charge on any atom is 0.147 e. The highest BCUT2D eigenvalue weighted by atomic mass is 32.2. The van der Waals surface area contributed by atoms with E-state index in [4.69, 9.17) is 5.11 Å². The first-order valence-corrected chi connectivity index (χ1v) is 5.61. The molecule has 0 bridgehead atoms. The minimum atomic E-state index is -2.81. The Morgan fingerprint density at radius 3 is 2.45 bits per heavy atom. The Morgan fingerprint density at radius 1 is 1.36 bits per heavy atom. The zero-order valence-electron chi connectivity index (χ0n) is 6.71. The predicted molar refractivity (Wildman–Crippen MR) is 44.3 cm³/mol. The molecule has 2 N–H and O–H groups in total. The molecular formula is C6H15NO3S. The van der Waals surface area contributed by atoms with E-state index in [9.17, 15) is 8.42 Å².